The average molecular weight is 928 g/mol. The first-order chi connectivity index (χ1) is 33.8. The maximum Gasteiger partial charge on any atom is 0.336 e. The number of nitrogens with zero attached hydrogens (tertiary/aromatic N) is 1. The Labute approximate surface area is 399 Å². The third kappa shape index (κ3) is 8.44. The van der Waals surface area contributed by atoms with Crippen molar-refractivity contribution in [3.8, 4) is 22.6 Å². The summed E-state index contributed by atoms with van der Waals surface area (Å²) >= 11 is 0. The van der Waals surface area contributed by atoms with Gasteiger partial charge in [0.25, 0.3) is 5.97 Å². The van der Waals surface area contributed by atoms with Crippen LogP contribution in [0.4, 0.5) is 11.4 Å². The van der Waals surface area contributed by atoms with Crippen LogP contribution in [0.5, 0.6) is 11.5 Å². The number of fused-ring (bicyclic) bond motifs is 10. The predicted molar refractivity (Wildman–Crippen MR) is 272 cm³/mol. The van der Waals surface area contributed by atoms with Crippen molar-refractivity contribution in [1.29, 1.82) is 0 Å². The van der Waals surface area contributed by atoms with Gasteiger partial charge in [0.1, 0.15) is 22.7 Å². The van der Waals surface area contributed by atoms with Gasteiger partial charge in [-0.1, -0.05) is 79.4 Å². The van der Waals surface area contributed by atoms with Crippen LogP contribution in [-0.4, -0.2) is 42.2 Å². The lowest BCUT2D eigenvalue weighted by atomic mass is 9.88. The molecule has 13 heteroatoms. The van der Waals surface area contributed by atoms with Gasteiger partial charge in [-0.2, -0.15) is 0 Å². The van der Waals surface area contributed by atoms with E-state index in [1.807, 2.05) is 152 Å². The number of hydrazine groups is 2. The smallest absolute Gasteiger partial charge is 0.336 e. The number of benzene rings is 9. The molecule has 0 saturated heterocycles. The summed E-state index contributed by atoms with van der Waals surface area (Å²) in [5.74, 6) is 9.61. The number of nitrogens with one attached hydrogen (secondary N) is 2. The molecule has 0 amide bonds. The summed E-state index contributed by atoms with van der Waals surface area (Å²) in [6.45, 7) is 5.10. The molecule has 1 aromatic heterocycles. The number of carbonyl (C=O) groups excluding carboxylic acids is 1. The first kappa shape index (κ1) is 45.7. The number of hydrogen-bond donors (Lipinski definition) is 6. The van der Waals surface area contributed by atoms with E-state index in [9.17, 15) is 19.8 Å². The van der Waals surface area contributed by atoms with Crippen LogP contribution in [0, 0.1) is 0 Å². The van der Waals surface area contributed by atoms with E-state index >= 15 is 0 Å². The lowest BCUT2D eigenvalue weighted by molar-refractivity contribution is -0.512. The van der Waals surface area contributed by atoms with Crippen molar-refractivity contribution in [3.63, 3.8) is 0 Å². The molecule has 1 aliphatic heterocycles. The number of carbonyl (C=O) groups is 3. The number of anilines is 2. The Kier molecular flexibility index (Phi) is 12.2. The number of rotatable bonds is 6. The van der Waals surface area contributed by atoms with Crippen LogP contribution in [0.15, 0.2) is 162 Å². The molecule has 0 bridgehead atoms. The van der Waals surface area contributed by atoms with Crippen LogP contribution in [0.25, 0.3) is 77.5 Å². The highest BCUT2D eigenvalue weighted by Crippen LogP contribution is 2.44. The number of aromatic carboxylic acids is 2. The molecule has 0 aliphatic carbocycles. The lowest BCUT2D eigenvalue weighted by Crippen LogP contribution is -2.83. The van der Waals surface area contributed by atoms with Crippen LogP contribution in [0.1, 0.15) is 38.8 Å². The highest BCUT2D eigenvalue weighted by molar-refractivity contribution is 6.21. The molecule has 70 heavy (non-hydrogen) atoms. The first-order valence-corrected chi connectivity index (χ1v) is 22.0. The van der Waals surface area contributed by atoms with Crippen molar-refractivity contribution in [2.24, 2.45) is 11.7 Å². The van der Waals surface area contributed by atoms with Gasteiger partial charge in [-0.05, 0) is 99.2 Å². The first-order valence-electron chi connectivity index (χ1n) is 22.0. The molecule has 0 spiro atoms. The third-order valence-corrected chi connectivity index (χ3v) is 12.1. The molecular weight excluding hydrogens is 883 g/mol. The molecule has 0 saturated carbocycles. The summed E-state index contributed by atoms with van der Waals surface area (Å²) in [5, 5.41) is 41.8. The molecule has 346 valence electrons. The lowest BCUT2D eigenvalue weighted by Gasteiger charge is -2.25. The fourth-order valence-corrected chi connectivity index (χ4v) is 8.98. The minimum Gasteiger partial charge on any atom is -0.545 e. The normalized spacial score (nSPS) is 11.8. The van der Waals surface area contributed by atoms with E-state index in [-0.39, 0.29) is 11.1 Å². The van der Waals surface area contributed by atoms with Crippen molar-refractivity contribution < 1.29 is 44.0 Å². The van der Waals surface area contributed by atoms with Gasteiger partial charge in [0.05, 0.1) is 11.5 Å². The van der Waals surface area contributed by atoms with Gasteiger partial charge in [-0.25, -0.2) is 10.6 Å². The van der Waals surface area contributed by atoms with E-state index in [4.69, 9.17) is 30.7 Å². The van der Waals surface area contributed by atoms with Crippen molar-refractivity contribution in [2.45, 2.75) is 6.92 Å². The highest BCUT2D eigenvalue weighted by Gasteiger charge is 2.25. The topological polar surface area (TPSA) is 218 Å². The van der Waals surface area contributed by atoms with Crippen LogP contribution < -0.4 is 52.8 Å². The molecule has 13 nitrogen and oxygen atoms in total. The predicted octanol–water partition coefficient (Wildman–Crippen LogP) is 6.52. The minimum absolute atomic E-state index is 0.154. The molecule has 0 atom stereocenters. The zero-order valence-electron chi connectivity index (χ0n) is 38.2. The summed E-state index contributed by atoms with van der Waals surface area (Å²) in [7, 11) is 3.94. The molecule has 2 heterocycles. The van der Waals surface area contributed by atoms with Gasteiger partial charge in [0.2, 0.25) is 5.36 Å². The molecule has 9 aromatic carbocycles. The van der Waals surface area contributed by atoms with E-state index < -0.39 is 17.9 Å². The SMILES string of the molecule is C=c1ccc2c3c(ccc2c1)=C(c1ccccc1C(=O)[O-])c1ccc(N(C)C)cc1O3.CC(=O)O.NNc1ccc2c(ccc3c(-c4ccccc4C(=O)O)c4ccc5cc(=[NH+]N)ccc5c4oc32)c1. The van der Waals surface area contributed by atoms with Crippen LogP contribution in [-0.2, 0) is 4.79 Å². The Morgan fingerprint density at radius 1 is 0.657 bits per heavy atom. The number of carboxylic acid groups (broad SMARTS) is 3. The van der Waals surface area contributed by atoms with E-state index in [0.717, 1.165) is 93.9 Å². The van der Waals surface area contributed by atoms with E-state index in [1.165, 1.54) is 0 Å². The standard InChI is InChI=1S/C28H20N4O3.C27H21NO3.C2H4O2/c29-31-17-7-11-19-15(13-17)5-9-23-25(21-3-1-2-4-22(21)28(33)34)24-10-6-16-14-18(32-30)8-12-20(16)27(24)35-26(19)23;1-16-8-11-19-17(14-16)9-12-23-25(20-6-4-5-7-21(20)27(29)30)22-13-10-18(28(2)3)15-24(22)31-26(19)23;1-2(3)4/h1-14,31H,29-30H2,(H,33,34);4-15H,1H2,2-3H3,(H,29,30);1H3,(H,3,4). The Hall–Kier alpha value is -9.46. The van der Waals surface area contributed by atoms with Crippen molar-refractivity contribution in [3.05, 3.63) is 196 Å². The fraction of sp³-hybridized carbons (Fsp3) is 0.0526. The molecule has 10 aromatic rings. The number of nitrogens with two attached hydrogens (primary N) is 2. The van der Waals surface area contributed by atoms with Gasteiger partial charge in [-0.3, -0.25) is 10.6 Å². The van der Waals surface area contributed by atoms with Gasteiger partial charge >= 0.3 is 5.97 Å². The zero-order chi connectivity index (χ0) is 49.4. The van der Waals surface area contributed by atoms with Crippen molar-refractivity contribution in [2.75, 3.05) is 24.4 Å². The Morgan fingerprint density at radius 3 is 1.89 bits per heavy atom. The minimum atomic E-state index is -1.20. The molecule has 8 N–H and O–H groups in total. The second kappa shape index (κ2) is 18.7. The fourth-order valence-electron chi connectivity index (χ4n) is 8.98. The number of aliphatic carboxylic acids is 1. The number of hydrogen-bond acceptors (Lipinski definition) is 10. The van der Waals surface area contributed by atoms with E-state index in [1.54, 1.807) is 24.3 Å². The number of nitrogen functional groups attached to an aromatic ring is 1. The van der Waals surface area contributed by atoms with Crippen LogP contribution in [0.3, 0.4) is 0 Å². The maximum atomic E-state index is 12.2. The Balaban J connectivity index is 0.000000163. The van der Waals surface area contributed by atoms with Crippen LogP contribution in [0.2, 0.25) is 0 Å². The summed E-state index contributed by atoms with van der Waals surface area (Å²) in [5.41, 5.74) is 9.89. The average Bonchev–Trinajstić information content (AvgIpc) is 3.36. The maximum absolute atomic E-state index is 12.2. The molecule has 0 fully saturated rings. The van der Waals surface area contributed by atoms with Crippen molar-refractivity contribution in [1.82, 2.24) is 0 Å². The molecule has 1 aliphatic rings. The molecular formula is C57H45N5O8. The third-order valence-electron chi connectivity index (χ3n) is 12.1. The summed E-state index contributed by atoms with van der Waals surface area (Å²) in [6, 6.07) is 49.4. The largest absolute Gasteiger partial charge is 0.545 e. The number of carboxylic acids is 3. The van der Waals surface area contributed by atoms with E-state index in [2.05, 4.69) is 17.1 Å². The van der Waals surface area contributed by atoms with Gasteiger partial charge in [0, 0.05) is 105 Å². The second-order valence-corrected chi connectivity index (χ2v) is 16.8. The monoisotopic (exact) mass is 927 g/mol. The second-order valence-electron chi connectivity index (χ2n) is 16.8. The summed E-state index contributed by atoms with van der Waals surface area (Å²) in [4.78, 5) is 35.1. The van der Waals surface area contributed by atoms with Gasteiger partial charge in [0.15, 0.2) is 0 Å². The zero-order valence-corrected chi connectivity index (χ0v) is 38.2. The number of ether oxygens (including phenoxy) is 1. The molecule has 0 radical (unpaired) electrons. The quantitative estimate of drug-likeness (QED) is 0.0455. The molecule has 11 rings (SSSR count). The van der Waals surface area contributed by atoms with Gasteiger partial charge < -0.3 is 39.6 Å². The Morgan fingerprint density at radius 2 is 1.24 bits per heavy atom. The Bertz CT molecular complexity index is 3990. The van der Waals surface area contributed by atoms with Gasteiger partial charge in [-0.15, -0.1) is 5.10 Å². The highest BCUT2D eigenvalue weighted by atomic mass is 16.5. The van der Waals surface area contributed by atoms with E-state index in [0.29, 0.717) is 33.8 Å². The summed E-state index contributed by atoms with van der Waals surface area (Å²) < 4.78 is 13.1. The summed E-state index contributed by atoms with van der Waals surface area (Å²) in [6.07, 6.45) is 0. The molecule has 0 unspecified atom stereocenters. The van der Waals surface area contributed by atoms with Crippen molar-refractivity contribution >= 4 is 95.7 Å². The van der Waals surface area contributed by atoms with Crippen LogP contribution >= 0.6 is 0 Å².